The highest BCUT2D eigenvalue weighted by Crippen LogP contribution is 2.28. The second kappa shape index (κ2) is 4.18. The summed E-state index contributed by atoms with van der Waals surface area (Å²) in [4.78, 5) is 19.7. The van der Waals surface area contributed by atoms with Gasteiger partial charge in [0.1, 0.15) is 12.0 Å². The zero-order valence-corrected chi connectivity index (χ0v) is 8.70. The van der Waals surface area contributed by atoms with E-state index in [9.17, 15) is 4.79 Å². The van der Waals surface area contributed by atoms with Crippen LogP contribution in [0.25, 0.3) is 11.4 Å². The molecule has 0 aliphatic heterocycles. The average molecular weight is 219 g/mol. The minimum atomic E-state index is 0.334. The molecule has 0 aliphatic rings. The standard InChI is InChI=1S/C10H9N3OS/c11-10-13-9(8(15-10)4-6-14)7-3-1-2-5-12-7/h1-3,5-6H,4H2,(H2,11,13). The van der Waals surface area contributed by atoms with Gasteiger partial charge in [-0.1, -0.05) is 6.07 Å². The number of carbonyl (C=O) groups excluding carboxylic acids is 1. The van der Waals surface area contributed by atoms with Crippen LogP contribution < -0.4 is 5.73 Å². The first-order valence-electron chi connectivity index (χ1n) is 4.41. The molecule has 0 aromatic carbocycles. The summed E-state index contributed by atoms with van der Waals surface area (Å²) in [6.45, 7) is 0. The Kier molecular flexibility index (Phi) is 2.73. The van der Waals surface area contributed by atoms with Gasteiger partial charge in [-0.05, 0) is 12.1 Å². The van der Waals surface area contributed by atoms with E-state index in [4.69, 9.17) is 5.73 Å². The Labute approximate surface area is 90.8 Å². The molecule has 2 aromatic rings. The quantitative estimate of drug-likeness (QED) is 0.795. The van der Waals surface area contributed by atoms with Gasteiger partial charge in [0.05, 0.1) is 5.69 Å². The van der Waals surface area contributed by atoms with Crippen molar-refractivity contribution in [2.24, 2.45) is 0 Å². The molecular formula is C10H9N3OS. The van der Waals surface area contributed by atoms with Crippen LogP contribution in [0, 0.1) is 0 Å². The van der Waals surface area contributed by atoms with Gasteiger partial charge in [-0.25, -0.2) is 4.98 Å². The maximum absolute atomic E-state index is 10.5. The lowest BCUT2D eigenvalue weighted by Gasteiger charge is -1.96. The predicted molar refractivity (Wildman–Crippen MR) is 59.5 cm³/mol. The molecular weight excluding hydrogens is 210 g/mol. The fraction of sp³-hybridized carbons (Fsp3) is 0.100. The number of aromatic nitrogens is 2. The highest BCUT2D eigenvalue weighted by molar-refractivity contribution is 7.15. The Morgan fingerprint density at radius 1 is 1.47 bits per heavy atom. The van der Waals surface area contributed by atoms with Crippen LogP contribution >= 0.6 is 11.3 Å². The fourth-order valence-corrected chi connectivity index (χ4v) is 2.07. The van der Waals surface area contributed by atoms with E-state index in [2.05, 4.69) is 9.97 Å². The first-order valence-corrected chi connectivity index (χ1v) is 5.23. The van der Waals surface area contributed by atoms with E-state index in [0.29, 0.717) is 17.2 Å². The van der Waals surface area contributed by atoms with Crippen LogP contribution in [0.5, 0.6) is 0 Å². The fourth-order valence-electron chi connectivity index (χ4n) is 1.29. The summed E-state index contributed by atoms with van der Waals surface area (Å²) in [5.41, 5.74) is 7.08. The van der Waals surface area contributed by atoms with Gasteiger partial charge in [0.25, 0.3) is 0 Å². The number of aldehydes is 1. The predicted octanol–water partition coefficient (Wildman–Crippen LogP) is 1.53. The molecule has 0 radical (unpaired) electrons. The van der Waals surface area contributed by atoms with Crippen molar-refractivity contribution in [3.8, 4) is 11.4 Å². The Balaban J connectivity index is 2.47. The van der Waals surface area contributed by atoms with Crippen LogP contribution in [0.3, 0.4) is 0 Å². The SMILES string of the molecule is Nc1nc(-c2ccccn2)c(CC=O)s1. The molecule has 0 fully saturated rings. The minimum Gasteiger partial charge on any atom is -0.375 e. The number of rotatable bonds is 3. The van der Waals surface area contributed by atoms with Gasteiger partial charge in [-0.2, -0.15) is 0 Å². The second-order valence-electron chi connectivity index (χ2n) is 2.91. The molecule has 0 aliphatic carbocycles. The van der Waals surface area contributed by atoms with E-state index in [1.54, 1.807) is 6.20 Å². The smallest absolute Gasteiger partial charge is 0.180 e. The molecule has 4 nitrogen and oxygen atoms in total. The normalized spacial score (nSPS) is 10.1. The molecule has 0 atom stereocenters. The summed E-state index contributed by atoms with van der Waals surface area (Å²) in [6.07, 6.45) is 2.87. The molecule has 15 heavy (non-hydrogen) atoms. The number of pyridine rings is 1. The third-order valence-corrected chi connectivity index (χ3v) is 2.80. The van der Waals surface area contributed by atoms with Crippen molar-refractivity contribution in [2.75, 3.05) is 5.73 Å². The van der Waals surface area contributed by atoms with Crippen LogP contribution in [0.2, 0.25) is 0 Å². The molecule has 2 aromatic heterocycles. The monoisotopic (exact) mass is 219 g/mol. The van der Waals surface area contributed by atoms with Crippen molar-refractivity contribution in [3.05, 3.63) is 29.3 Å². The number of nitrogen functional groups attached to an aromatic ring is 1. The molecule has 2 rings (SSSR count). The van der Waals surface area contributed by atoms with Gasteiger partial charge < -0.3 is 10.5 Å². The van der Waals surface area contributed by atoms with E-state index in [0.717, 1.165) is 16.9 Å². The van der Waals surface area contributed by atoms with Crippen molar-refractivity contribution in [1.82, 2.24) is 9.97 Å². The molecule has 0 saturated heterocycles. The number of nitrogens with two attached hydrogens (primary N) is 1. The van der Waals surface area contributed by atoms with E-state index < -0.39 is 0 Å². The van der Waals surface area contributed by atoms with Crippen LogP contribution in [-0.2, 0) is 11.2 Å². The van der Waals surface area contributed by atoms with Crippen molar-refractivity contribution >= 4 is 22.8 Å². The summed E-state index contributed by atoms with van der Waals surface area (Å²) in [6, 6.07) is 5.56. The van der Waals surface area contributed by atoms with Crippen molar-refractivity contribution in [3.63, 3.8) is 0 Å². The minimum absolute atomic E-state index is 0.334. The van der Waals surface area contributed by atoms with E-state index >= 15 is 0 Å². The average Bonchev–Trinajstić information content (AvgIpc) is 2.62. The molecule has 0 saturated carbocycles. The molecule has 0 bridgehead atoms. The zero-order chi connectivity index (χ0) is 10.7. The third-order valence-electron chi connectivity index (χ3n) is 1.89. The molecule has 0 spiro atoms. The highest BCUT2D eigenvalue weighted by Gasteiger charge is 2.11. The first-order chi connectivity index (χ1) is 7.31. The van der Waals surface area contributed by atoms with E-state index in [1.165, 1.54) is 11.3 Å². The van der Waals surface area contributed by atoms with Crippen molar-refractivity contribution < 1.29 is 4.79 Å². The summed E-state index contributed by atoms with van der Waals surface area (Å²) in [7, 11) is 0. The summed E-state index contributed by atoms with van der Waals surface area (Å²) >= 11 is 1.33. The van der Waals surface area contributed by atoms with Crippen LogP contribution in [-0.4, -0.2) is 16.3 Å². The number of thiazole rings is 1. The number of nitrogens with zero attached hydrogens (tertiary/aromatic N) is 2. The summed E-state index contributed by atoms with van der Waals surface area (Å²) in [5.74, 6) is 0. The Morgan fingerprint density at radius 2 is 2.33 bits per heavy atom. The van der Waals surface area contributed by atoms with Gasteiger partial charge >= 0.3 is 0 Å². The lowest BCUT2D eigenvalue weighted by atomic mass is 10.2. The number of anilines is 1. The van der Waals surface area contributed by atoms with Gasteiger partial charge in [0, 0.05) is 17.5 Å². The highest BCUT2D eigenvalue weighted by atomic mass is 32.1. The number of hydrogen-bond donors (Lipinski definition) is 1. The lowest BCUT2D eigenvalue weighted by molar-refractivity contribution is -0.107. The second-order valence-corrected chi connectivity index (χ2v) is 4.02. The summed E-state index contributed by atoms with van der Waals surface area (Å²) in [5, 5.41) is 0.465. The Bertz CT molecular complexity index is 467. The lowest BCUT2D eigenvalue weighted by Crippen LogP contribution is -1.89. The van der Waals surface area contributed by atoms with Crippen LogP contribution in [0.4, 0.5) is 5.13 Å². The topological polar surface area (TPSA) is 68.9 Å². The molecule has 0 amide bonds. The Hall–Kier alpha value is -1.75. The zero-order valence-electron chi connectivity index (χ0n) is 7.88. The van der Waals surface area contributed by atoms with Crippen molar-refractivity contribution in [2.45, 2.75) is 6.42 Å². The van der Waals surface area contributed by atoms with Gasteiger partial charge in [-0.15, -0.1) is 11.3 Å². The molecule has 76 valence electrons. The van der Waals surface area contributed by atoms with Gasteiger partial charge in [0.15, 0.2) is 5.13 Å². The maximum atomic E-state index is 10.5. The third kappa shape index (κ3) is 2.02. The largest absolute Gasteiger partial charge is 0.375 e. The molecule has 0 unspecified atom stereocenters. The van der Waals surface area contributed by atoms with Gasteiger partial charge in [-0.3, -0.25) is 4.98 Å². The number of hydrogen-bond acceptors (Lipinski definition) is 5. The number of carbonyl (C=O) groups is 1. The van der Waals surface area contributed by atoms with Crippen LogP contribution in [0.1, 0.15) is 4.88 Å². The van der Waals surface area contributed by atoms with Crippen molar-refractivity contribution in [1.29, 1.82) is 0 Å². The molecule has 2 N–H and O–H groups in total. The van der Waals surface area contributed by atoms with Crippen LogP contribution in [0.15, 0.2) is 24.4 Å². The van der Waals surface area contributed by atoms with E-state index in [1.807, 2.05) is 18.2 Å². The maximum Gasteiger partial charge on any atom is 0.180 e. The summed E-state index contributed by atoms with van der Waals surface area (Å²) < 4.78 is 0. The Morgan fingerprint density at radius 3 is 3.00 bits per heavy atom. The van der Waals surface area contributed by atoms with Gasteiger partial charge in [0.2, 0.25) is 0 Å². The first kappa shape index (κ1) is 9.79. The molecule has 5 heteroatoms. The molecule has 2 heterocycles. The van der Waals surface area contributed by atoms with E-state index in [-0.39, 0.29) is 0 Å².